The molecule has 0 spiro atoms. The second-order valence-electron chi connectivity index (χ2n) is 5.26. The summed E-state index contributed by atoms with van der Waals surface area (Å²) in [4.78, 5) is 4.29. The van der Waals surface area contributed by atoms with Crippen molar-refractivity contribution in [3.63, 3.8) is 0 Å². The molecule has 0 bridgehead atoms. The third-order valence-corrected chi connectivity index (χ3v) is 3.13. The lowest BCUT2D eigenvalue weighted by molar-refractivity contribution is 0.416. The van der Waals surface area contributed by atoms with E-state index in [2.05, 4.69) is 52.5 Å². The Morgan fingerprint density at radius 2 is 1.94 bits per heavy atom. The van der Waals surface area contributed by atoms with Crippen LogP contribution in [0.3, 0.4) is 0 Å². The second kappa shape index (κ2) is 6.11. The predicted molar refractivity (Wildman–Crippen MR) is 73.7 cm³/mol. The molecule has 1 N–H and O–H groups in total. The highest BCUT2D eigenvalue weighted by Gasteiger charge is 2.20. The van der Waals surface area contributed by atoms with Gasteiger partial charge in [-0.05, 0) is 39.1 Å². The van der Waals surface area contributed by atoms with Gasteiger partial charge >= 0.3 is 0 Å². The first-order valence-corrected chi connectivity index (χ1v) is 6.57. The normalized spacial score (nSPS) is 15.1. The molecule has 1 saturated carbocycles. The molecule has 1 aromatic rings. The SMILES string of the molecule is CN(C)CCN(C)c1ccc(CNC2CC2)nn1. The standard InChI is InChI=1S/C13H23N5/c1-17(2)8-9-18(3)13-7-6-12(15-16-13)10-14-11-4-5-11/h6-7,11,14H,4-5,8-10H2,1-3H3. The van der Waals surface area contributed by atoms with Gasteiger partial charge in [-0.25, -0.2) is 0 Å². The van der Waals surface area contributed by atoms with E-state index in [0.29, 0.717) is 6.04 Å². The van der Waals surface area contributed by atoms with Crippen molar-refractivity contribution in [1.29, 1.82) is 0 Å². The summed E-state index contributed by atoms with van der Waals surface area (Å²) in [5, 5.41) is 12.0. The number of hydrogen-bond donors (Lipinski definition) is 1. The molecule has 0 unspecified atom stereocenters. The van der Waals surface area contributed by atoms with Crippen molar-refractivity contribution in [2.45, 2.75) is 25.4 Å². The number of likely N-dealkylation sites (N-methyl/N-ethyl adjacent to an activating group) is 2. The topological polar surface area (TPSA) is 44.3 Å². The summed E-state index contributed by atoms with van der Waals surface area (Å²) in [7, 11) is 6.20. The number of aromatic nitrogens is 2. The van der Waals surface area contributed by atoms with E-state index in [4.69, 9.17) is 0 Å². The monoisotopic (exact) mass is 249 g/mol. The first-order chi connectivity index (χ1) is 8.65. The van der Waals surface area contributed by atoms with Gasteiger partial charge in [-0.15, -0.1) is 5.10 Å². The van der Waals surface area contributed by atoms with Gasteiger partial charge in [0.1, 0.15) is 0 Å². The molecule has 2 rings (SSSR count). The van der Waals surface area contributed by atoms with Gasteiger partial charge in [0.15, 0.2) is 5.82 Å². The highest BCUT2D eigenvalue weighted by atomic mass is 15.3. The summed E-state index contributed by atoms with van der Waals surface area (Å²) in [5.41, 5.74) is 1.02. The molecule has 18 heavy (non-hydrogen) atoms. The molecule has 0 saturated heterocycles. The fourth-order valence-electron chi connectivity index (χ4n) is 1.65. The zero-order chi connectivity index (χ0) is 13.0. The quantitative estimate of drug-likeness (QED) is 0.771. The summed E-state index contributed by atoms with van der Waals surface area (Å²) in [5.74, 6) is 0.937. The molecule has 0 atom stereocenters. The highest BCUT2D eigenvalue weighted by molar-refractivity contribution is 5.36. The van der Waals surface area contributed by atoms with Crippen LogP contribution in [-0.2, 0) is 6.54 Å². The average Bonchev–Trinajstić information content (AvgIpc) is 3.18. The van der Waals surface area contributed by atoms with Crippen LogP contribution in [-0.4, -0.2) is 55.4 Å². The Kier molecular flexibility index (Phi) is 4.49. The van der Waals surface area contributed by atoms with Gasteiger partial charge in [0.05, 0.1) is 5.69 Å². The van der Waals surface area contributed by atoms with E-state index >= 15 is 0 Å². The van der Waals surface area contributed by atoms with Gasteiger partial charge in [-0.2, -0.15) is 5.10 Å². The molecule has 1 aliphatic carbocycles. The maximum atomic E-state index is 4.27. The Balaban J connectivity index is 1.81. The lowest BCUT2D eigenvalue weighted by Gasteiger charge is -2.20. The van der Waals surface area contributed by atoms with E-state index in [0.717, 1.165) is 31.1 Å². The van der Waals surface area contributed by atoms with E-state index in [9.17, 15) is 0 Å². The van der Waals surface area contributed by atoms with Crippen LogP contribution in [0.25, 0.3) is 0 Å². The third-order valence-electron chi connectivity index (χ3n) is 3.13. The molecule has 5 heteroatoms. The molecular formula is C13H23N5. The fourth-order valence-corrected chi connectivity index (χ4v) is 1.65. The van der Waals surface area contributed by atoms with E-state index < -0.39 is 0 Å². The molecule has 1 aliphatic rings. The number of nitrogens with one attached hydrogen (secondary N) is 1. The van der Waals surface area contributed by atoms with Crippen molar-refractivity contribution < 1.29 is 0 Å². The second-order valence-corrected chi connectivity index (χ2v) is 5.26. The van der Waals surface area contributed by atoms with Crippen LogP contribution in [0.15, 0.2) is 12.1 Å². The number of nitrogens with zero attached hydrogens (tertiary/aromatic N) is 4. The van der Waals surface area contributed by atoms with Gasteiger partial charge < -0.3 is 15.1 Å². The summed E-state index contributed by atoms with van der Waals surface area (Å²) in [6, 6.07) is 4.82. The zero-order valence-corrected chi connectivity index (χ0v) is 11.6. The van der Waals surface area contributed by atoms with E-state index in [1.54, 1.807) is 0 Å². The van der Waals surface area contributed by atoms with Crippen molar-refractivity contribution in [3.8, 4) is 0 Å². The summed E-state index contributed by atoms with van der Waals surface area (Å²) in [6.45, 7) is 2.81. The van der Waals surface area contributed by atoms with Crippen LogP contribution >= 0.6 is 0 Å². The zero-order valence-electron chi connectivity index (χ0n) is 11.6. The maximum absolute atomic E-state index is 4.27. The highest BCUT2D eigenvalue weighted by Crippen LogP contribution is 2.19. The van der Waals surface area contributed by atoms with E-state index in [-0.39, 0.29) is 0 Å². The lowest BCUT2D eigenvalue weighted by atomic mass is 10.3. The van der Waals surface area contributed by atoms with Crippen LogP contribution in [0.1, 0.15) is 18.5 Å². The molecular weight excluding hydrogens is 226 g/mol. The first kappa shape index (κ1) is 13.2. The van der Waals surface area contributed by atoms with Gasteiger partial charge in [0.2, 0.25) is 0 Å². The third kappa shape index (κ3) is 4.23. The molecule has 0 aromatic carbocycles. The molecule has 5 nitrogen and oxygen atoms in total. The molecule has 1 fully saturated rings. The predicted octanol–water partition coefficient (Wildman–Crippen LogP) is 0.726. The van der Waals surface area contributed by atoms with Crippen molar-refractivity contribution in [2.24, 2.45) is 0 Å². The van der Waals surface area contributed by atoms with Crippen LogP contribution in [0, 0.1) is 0 Å². The smallest absolute Gasteiger partial charge is 0.151 e. The van der Waals surface area contributed by atoms with E-state index in [1.807, 2.05) is 6.07 Å². The minimum Gasteiger partial charge on any atom is -0.357 e. The molecule has 100 valence electrons. The largest absolute Gasteiger partial charge is 0.357 e. The van der Waals surface area contributed by atoms with Crippen LogP contribution in [0.4, 0.5) is 5.82 Å². The molecule has 0 aliphatic heterocycles. The lowest BCUT2D eigenvalue weighted by Crippen LogP contribution is -2.29. The van der Waals surface area contributed by atoms with Crippen molar-refractivity contribution in [3.05, 3.63) is 17.8 Å². The fraction of sp³-hybridized carbons (Fsp3) is 0.692. The number of anilines is 1. The van der Waals surface area contributed by atoms with Crippen LogP contribution in [0.5, 0.6) is 0 Å². The van der Waals surface area contributed by atoms with Gasteiger partial charge in [-0.1, -0.05) is 0 Å². The Bertz CT molecular complexity index is 358. The Morgan fingerprint density at radius 3 is 2.50 bits per heavy atom. The van der Waals surface area contributed by atoms with Crippen LogP contribution in [0.2, 0.25) is 0 Å². The molecule has 0 radical (unpaired) electrons. The van der Waals surface area contributed by atoms with E-state index in [1.165, 1.54) is 12.8 Å². The van der Waals surface area contributed by atoms with Gasteiger partial charge in [0.25, 0.3) is 0 Å². The summed E-state index contributed by atoms with van der Waals surface area (Å²) >= 11 is 0. The first-order valence-electron chi connectivity index (χ1n) is 6.57. The molecule has 1 heterocycles. The van der Waals surface area contributed by atoms with Crippen molar-refractivity contribution >= 4 is 5.82 Å². The summed E-state index contributed by atoms with van der Waals surface area (Å²) in [6.07, 6.45) is 2.61. The average molecular weight is 249 g/mol. The Hall–Kier alpha value is -1.20. The molecule has 1 aromatic heterocycles. The van der Waals surface area contributed by atoms with Gasteiger partial charge in [-0.3, -0.25) is 0 Å². The van der Waals surface area contributed by atoms with Crippen LogP contribution < -0.4 is 10.2 Å². The maximum Gasteiger partial charge on any atom is 0.151 e. The Morgan fingerprint density at radius 1 is 1.17 bits per heavy atom. The number of hydrogen-bond acceptors (Lipinski definition) is 5. The number of rotatable bonds is 7. The van der Waals surface area contributed by atoms with Crippen molar-refractivity contribution in [2.75, 3.05) is 39.1 Å². The summed E-state index contributed by atoms with van der Waals surface area (Å²) < 4.78 is 0. The Labute approximate surface area is 109 Å². The minimum absolute atomic E-state index is 0.717. The minimum atomic E-state index is 0.717. The van der Waals surface area contributed by atoms with Gasteiger partial charge in [0, 0.05) is 32.7 Å². The molecule has 0 amide bonds. The van der Waals surface area contributed by atoms with Crippen molar-refractivity contribution in [1.82, 2.24) is 20.4 Å².